The minimum Gasteiger partial charge on any atom is -0.466 e. The molecule has 0 aliphatic heterocycles. The maximum absolute atomic E-state index is 12.2. The van der Waals surface area contributed by atoms with Crippen molar-refractivity contribution in [2.75, 3.05) is 13.2 Å². The van der Waals surface area contributed by atoms with E-state index < -0.39 is 18.1 Å². The van der Waals surface area contributed by atoms with Gasteiger partial charge in [0.05, 0.1) is 38.4 Å². The van der Waals surface area contributed by atoms with Gasteiger partial charge in [0.1, 0.15) is 0 Å². The molecule has 0 spiro atoms. The molecule has 174 valence electrons. The molecule has 3 aromatic carbocycles. The predicted octanol–water partition coefficient (Wildman–Crippen LogP) is 4.59. The molecule has 0 fully saturated rings. The van der Waals surface area contributed by atoms with Crippen LogP contribution in [-0.2, 0) is 34.0 Å². The zero-order chi connectivity index (χ0) is 23.3. The van der Waals surface area contributed by atoms with Crippen LogP contribution in [0.25, 0.3) is 0 Å². The molecule has 0 bridgehead atoms. The van der Waals surface area contributed by atoms with Crippen molar-refractivity contribution in [3.63, 3.8) is 0 Å². The number of aliphatic hydroxyl groups is 1. The largest absolute Gasteiger partial charge is 0.466 e. The molecule has 5 nitrogen and oxygen atoms in total. The van der Waals surface area contributed by atoms with Crippen LogP contribution in [0.1, 0.15) is 30.0 Å². The first kappa shape index (κ1) is 24.6. The van der Waals surface area contributed by atoms with E-state index in [0.29, 0.717) is 26.3 Å². The minimum atomic E-state index is -0.924. The van der Waals surface area contributed by atoms with Gasteiger partial charge in [-0.25, -0.2) is 0 Å². The zero-order valence-electron chi connectivity index (χ0n) is 19.2. The van der Waals surface area contributed by atoms with Crippen LogP contribution in [0.15, 0.2) is 91.0 Å². The Morgan fingerprint density at radius 3 is 1.79 bits per heavy atom. The quantitative estimate of drug-likeness (QED) is 0.389. The molecule has 33 heavy (non-hydrogen) atoms. The van der Waals surface area contributed by atoms with E-state index in [4.69, 9.17) is 9.47 Å². The Bertz CT molecular complexity index is 892. The second kappa shape index (κ2) is 13.5. The Balaban J connectivity index is 1.80. The molecule has 0 aliphatic rings. The first-order valence-electron chi connectivity index (χ1n) is 11.4. The maximum atomic E-state index is 12.2. The molecule has 0 aliphatic carbocycles. The lowest BCUT2D eigenvalue weighted by Gasteiger charge is -2.35. The fourth-order valence-electron chi connectivity index (χ4n) is 3.78. The normalized spacial score (nSPS) is 12.9. The van der Waals surface area contributed by atoms with E-state index in [1.807, 2.05) is 66.7 Å². The number of rotatable bonds is 13. The molecule has 2 atom stereocenters. The molecule has 5 heteroatoms. The molecular formula is C28H33NO4. The summed E-state index contributed by atoms with van der Waals surface area (Å²) in [6.07, 6.45) is -1.000. The molecule has 1 N–H and O–H groups in total. The average molecular weight is 448 g/mol. The van der Waals surface area contributed by atoms with Gasteiger partial charge in [0.2, 0.25) is 0 Å². The van der Waals surface area contributed by atoms with Crippen LogP contribution in [0.3, 0.4) is 0 Å². The van der Waals surface area contributed by atoms with Crippen LogP contribution in [0.5, 0.6) is 0 Å². The van der Waals surface area contributed by atoms with Gasteiger partial charge < -0.3 is 14.6 Å². The third-order valence-electron chi connectivity index (χ3n) is 5.45. The SMILES string of the molecule is CCOC(=O)C[C@H](O)[C@H](COCc1ccccc1)N(Cc1ccccc1)Cc1ccccc1. The number of esters is 1. The highest BCUT2D eigenvalue weighted by atomic mass is 16.5. The number of aliphatic hydroxyl groups excluding tert-OH is 1. The van der Waals surface area contributed by atoms with Gasteiger partial charge in [-0.05, 0) is 23.6 Å². The number of nitrogens with zero attached hydrogens (tertiary/aromatic N) is 1. The zero-order valence-corrected chi connectivity index (χ0v) is 19.2. The Hall–Kier alpha value is -2.99. The van der Waals surface area contributed by atoms with E-state index in [-0.39, 0.29) is 13.0 Å². The summed E-state index contributed by atoms with van der Waals surface area (Å²) < 4.78 is 11.1. The van der Waals surface area contributed by atoms with Gasteiger partial charge in [-0.3, -0.25) is 9.69 Å². The Kier molecular flexibility index (Phi) is 10.1. The molecule has 0 saturated carbocycles. The average Bonchev–Trinajstić information content (AvgIpc) is 2.83. The van der Waals surface area contributed by atoms with Crippen molar-refractivity contribution >= 4 is 5.97 Å². The molecule has 0 amide bonds. The van der Waals surface area contributed by atoms with Crippen molar-refractivity contribution in [3.05, 3.63) is 108 Å². The van der Waals surface area contributed by atoms with Gasteiger partial charge in [0.15, 0.2) is 0 Å². The van der Waals surface area contributed by atoms with Crippen LogP contribution in [0.2, 0.25) is 0 Å². The first-order valence-corrected chi connectivity index (χ1v) is 11.4. The van der Waals surface area contributed by atoms with Crippen molar-refractivity contribution in [1.82, 2.24) is 4.90 Å². The van der Waals surface area contributed by atoms with E-state index in [1.54, 1.807) is 6.92 Å². The third-order valence-corrected chi connectivity index (χ3v) is 5.45. The van der Waals surface area contributed by atoms with Crippen molar-refractivity contribution in [1.29, 1.82) is 0 Å². The van der Waals surface area contributed by atoms with Crippen molar-refractivity contribution in [2.45, 2.75) is 45.2 Å². The summed E-state index contributed by atoms with van der Waals surface area (Å²) in [5, 5.41) is 11.1. The second-order valence-electron chi connectivity index (χ2n) is 8.02. The summed E-state index contributed by atoms with van der Waals surface area (Å²) in [7, 11) is 0. The van der Waals surface area contributed by atoms with Crippen molar-refractivity contribution in [3.8, 4) is 0 Å². The van der Waals surface area contributed by atoms with Crippen LogP contribution >= 0.6 is 0 Å². The van der Waals surface area contributed by atoms with Crippen LogP contribution < -0.4 is 0 Å². The van der Waals surface area contributed by atoms with Gasteiger partial charge >= 0.3 is 5.97 Å². The van der Waals surface area contributed by atoms with Crippen molar-refractivity contribution < 1.29 is 19.4 Å². The second-order valence-corrected chi connectivity index (χ2v) is 8.02. The van der Waals surface area contributed by atoms with Gasteiger partial charge in [0, 0.05) is 13.1 Å². The van der Waals surface area contributed by atoms with Gasteiger partial charge in [-0.1, -0.05) is 91.0 Å². The molecule has 0 saturated heterocycles. The van der Waals surface area contributed by atoms with Crippen LogP contribution in [0.4, 0.5) is 0 Å². The lowest BCUT2D eigenvalue weighted by molar-refractivity contribution is -0.147. The Morgan fingerprint density at radius 1 is 0.818 bits per heavy atom. The van der Waals surface area contributed by atoms with E-state index >= 15 is 0 Å². The van der Waals surface area contributed by atoms with Crippen molar-refractivity contribution in [2.24, 2.45) is 0 Å². The highest BCUT2D eigenvalue weighted by Crippen LogP contribution is 2.19. The van der Waals surface area contributed by atoms with Gasteiger partial charge in [-0.2, -0.15) is 0 Å². The molecule has 0 radical (unpaired) electrons. The lowest BCUT2D eigenvalue weighted by Crippen LogP contribution is -2.47. The lowest BCUT2D eigenvalue weighted by atomic mass is 10.0. The van der Waals surface area contributed by atoms with Crippen LogP contribution in [-0.4, -0.2) is 41.3 Å². The monoisotopic (exact) mass is 447 g/mol. The summed E-state index contributed by atoms with van der Waals surface area (Å²) in [6.45, 7) is 4.02. The fourth-order valence-corrected chi connectivity index (χ4v) is 3.78. The standard InChI is InChI=1S/C28H33NO4/c1-2-33-28(31)18-27(30)26(22-32-21-25-16-10-5-11-17-25)29(19-23-12-6-3-7-13-23)20-24-14-8-4-9-15-24/h3-17,26-27,30H,2,18-22H2,1H3/t26-,27-/m0/s1. The number of carbonyl (C=O) groups is 1. The van der Waals surface area contributed by atoms with E-state index in [1.165, 1.54) is 0 Å². The third kappa shape index (κ3) is 8.46. The Morgan fingerprint density at radius 2 is 1.30 bits per heavy atom. The molecule has 0 unspecified atom stereocenters. The summed E-state index contributed by atoms with van der Waals surface area (Å²) >= 11 is 0. The molecule has 0 aromatic heterocycles. The first-order chi connectivity index (χ1) is 16.2. The number of benzene rings is 3. The highest BCUT2D eigenvalue weighted by Gasteiger charge is 2.29. The number of ether oxygens (including phenoxy) is 2. The number of carbonyl (C=O) groups excluding carboxylic acids is 1. The molecule has 3 aromatic rings. The van der Waals surface area contributed by atoms with Gasteiger partial charge in [0.25, 0.3) is 0 Å². The number of hydrogen-bond acceptors (Lipinski definition) is 5. The smallest absolute Gasteiger partial charge is 0.308 e. The molecule has 3 rings (SSSR count). The molecule has 0 heterocycles. The van der Waals surface area contributed by atoms with E-state index in [2.05, 4.69) is 29.2 Å². The fraction of sp³-hybridized carbons (Fsp3) is 0.321. The highest BCUT2D eigenvalue weighted by molar-refractivity contribution is 5.70. The topological polar surface area (TPSA) is 59.0 Å². The summed E-state index contributed by atoms with van der Waals surface area (Å²) in [4.78, 5) is 14.3. The van der Waals surface area contributed by atoms with Crippen LogP contribution in [0, 0.1) is 0 Å². The maximum Gasteiger partial charge on any atom is 0.308 e. The van der Waals surface area contributed by atoms with Gasteiger partial charge in [-0.15, -0.1) is 0 Å². The van der Waals surface area contributed by atoms with E-state index in [0.717, 1.165) is 16.7 Å². The summed E-state index contributed by atoms with van der Waals surface area (Å²) in [5.74, 6) is -0.405. The summed E-state index contributed by atoms with van der Waals surface area (Å²) in [5.41, 5.74) is 3.32. The number of hydrogen-bond donors (Lipinski definition) is 1. The summed E-state index contributed by atoms with van der Waals surface area (Å²) in [6, 6.07) is 29.8. The Labute approximate surface area is 196 Å². The minimum absolute atomic E-state index is 0.0761. The predicted molar refractivity (Wildman–Crippen MR) is 129 cm³/mol. The molecular weight excluding hydrogens is 414 g/mol. The van der Waals surface area contributed by atoms with E-state index in [9.17, 15) is 9.90 Å².